The summed E-state index contributed by atoms with van der Waals surface area (Å²) in [6.07, 6.45) is 1.09. The quantitative estimate of drug-likeness (QED) is 0.764. The van der Waals surface area contributed by atoms with Gasteiger partial charge in [-0.25, -0.2) is 0 Å². The predicted molar refractivity (Wildman–Crippen MR) is 98.2 cm³/mol. The van der Waals surface area contributed by atoms with Crippen LogP contribution in [0.15, 0.2) is 59.0 Å². The summed E-state index contributed by atoms with van der Waals surface area (Å²) in [5, 5.41) is 20.7. The van der Waals surface area contributed by atoms with E-state index >= 15 is 0 Å². The van der Waals surface area contributed by atoms with Crippen molar-refractivity contribution in [2.24, 2.45) is 0 Å². The zero-order valence-electron chi connectivity index (χ0n) is 14.3. The highest BCUT2D eigenvalue weighted by atomic mass is 16.4. The van der Waals surface area contributed by atoms with Gasteiger partial charge in [-0.2, -0.15) is 5.26 Å². The second-order valence-corrected chi connectivity index (χ2v) is 6.42. The van der Waals surface area contributed by atoms with E-state index in [1.54, 1.807) is 12.1 Å². The van der Waals surface area contributed by atoms with Gasteiger partial charge < -0.3 is 9.73 Å². The molecule has 0 radical (unpaired) electrons. The van der Waals surface area contributed by atoms with Crippen molar-refractivity contribution in [3.63, 3.8) is 0 Å². The fourth-order valence-electron chi connectivity index (χ4n) is 3.18. The maximum atomic E-state index is 8.86. The lowest BCUT2D eigenvalue weighted by molar-refractivity contribution is 0.290. The Morgan fingerprint density at radius 3 is 2.69 bits per heavy atom. The van der Waals surface area contributed by atoms with Crippen LogP contribution in [0.5, 0.6) is 0 Å². The van der Waals surface area contributed by atoms with Crippen molar-refractivity contribution >= 4 is 5.69 Å². The number of nitrogens with zero attached hydrogens (tertiary/aromatic N) is 4. The van der Waals surface area contributed by atoms with Gasteiger partial charge in [0.15, 0.2) is 0 Å². The summed E-state index contributed by atoms with van der Waals surface area (Å²) in [4.78, 5) is 2.32. The average molecular weight is 345 g/mol. The Morgan fingerprint density at radius 2 is 1.92 bits per heavy atom. The molecule has 2 aromatic carbocycles. The summed E-state index contributed by atoms with van der Waals surface area (Å²) in [5.74, 6) is 1.10. The number of benzene rings is 2. The summed E-state index contributed by atoms with van der Waals surface area (Å²) < 4.78 is 5.79. The van der Waals surface area contributed by atoms with Crippen molar-refractivity contribution in [1.29, 1.82) is 5.26 Å². The Balaban J connectivity index is 1.35. The van der Waals surface area contributed by atoms with Gasteiger partial charge in [0.1, 0.15) is 0 Å². The van der Waals surface area contributed by atoms with Crippen LogP contribution in [0, 0.1) is 11.3 Å². The van der Waals surface area contributed by atoms with E-state index in [9.17, 15) is 0 Å². The van der Waals surface area contributed by atoms with Crippen molar-refractivity contribution < 1.29 is 4.42 Å². The number of hydrogen-bond acceptors (Lipinski definition) is 6. The van der Waals surface area contributed by atoms with Gasteiger partial charge >= 0.3 is 0 Å². The lowest BCUT2D eigenvalue weighted by Gasteiger charge is -2.15. The Kier molecular flexibility index (Phi) is 4.63. The maximum Gasteiger partial charge on any atom is 0.247 e. The summed E-state index contributed by atoms with van der Waals surface area (Å²) in [6, 6.07) is 20.0. The maximum absolute atomic E-state index is 8.86. The van der Waals surface area contributed by atoms with Gasteiger partial charge in [-0.05, 0) is 42.8 Å². The first-order chi connectivity index (χ1) is 12.8. The molecule has 0 bridgehead atoms. The van der Waals surface area contributed by atoms with Crippen LogP contribution >= 0.6 is 0 Å². The molecular formula is C20H19N5O. The number of anilines is 1. The predicted octanol–water partition coefficient (Wildman–Crippen LogP) is 3.29. The van der Waals surface area contributed by atoms with Crippen molar-refractivity contribution in [1.82, 2.24) is 15.1 Å². The van der Waals surface area contributed by atoms with E-state index in [2.05, 4.69) is 38.6 Å². The molecule has 1 atom stereocenters. The fraction of sp³-hybridized carbons (Fsp3) is 0.250. The minimum Gasteiger partial charge on any atom is -0.419 e. The second kappa shape index (κ2) is 7.38. The normalized spacial score (nSPS) is 17.1. The molecule has 0 saturated carbocycles. The van der Waals surface area contributed by atoms with Gasteiger partial charge in [-0.15, -0.1) is 10.2 Å². The Hall–Kier alpha value is -3.17. The van der Waals surface area contributed by atoms with Gasteiger partial charge in [0.2, 0.25) is 11.8 Å². The molecule has 1 aliphatic heterocycles. The molecule has 1 N–H and O–H groups in total. The lowest BCUT2D eigenvalue weighted by atomic mass is 10.1. The topological polar surface area (TPSA) is 78.0 Å². The number of hydrogen-bond donors (Lipinski definition) is 1. The number of nitriles is 1. The van der Waals surface area contributed by atoms with E-state index < -0.39 is 0 Å². The number of aromatic nitrogens is 2. The zero-order chi connectivity index (χ0) is 17.8. The zero-order valence-corrected chi connectivity index (χ0v) is 14.3. The highest BCUT2D eigenvalue weighted by molar-refractivity contribution is 5.54. The van der Waals surface area contributed by atoms with Crippen molar-refractivity contribution in [3.8, 4) is 17.5 Å². The van der Waals surface area contributed by atoms with E-state index in [1.807, 2.05) is 30.3 Å². The van der Waals surface area contributed by atoms with Crippen LogP contribution in [0.3, 0.4) is 0 Å². The summed E-state index contributed by atoms with van der Waals surface area (Å²) >= 11 is 0. The number of para-hydroxylation sites is 1. The summed E-state index contributed by atoms with van der Waals surface area (Å²) in [5.41, 5.74) is 2.59. The molecule has 3 aromatic rings. The third-order valence-corrected chi connectivity index (χ3v) is 4.50. The largest absolute Gasteiger partial charge is 0.419 e. The SMILES string of the molecule is N#Cc1ccc(-c2nnc(CN3CC[C@H](Nc4ccccc4)C3)o2)cc1. The van der Waals surface area contributed by atoms with E-state index in [0.717, 1.165) is 30.8 Å². The monoisotopic (exact) mass is 345 g/mol. The van der Waals surface area contributed by atoms with Gasteiger partial charge in [-0.1, -0.05) is 18.2 Å². The minimum atomic E-state index is 0.429. The van der Waals surface area contributed by atoms with Crippen molar-refractivity contribution in [2.45, 2.75) is 19.0 Å². The van der Waals surface area contributed by atoms with Crippen LogP contribution in [0.25, 0.3) is 11.5 Å². The van der Waals surface area contributed by atoms with E-state index in [-0.39, 0.29) is 0 Å². The first-order valence-corrected chi connectivity index (χ1v) is 8.67. The number of nitrogens with one attached hydrogen (secondary N) is 1. The Morgan fingerprint density at radius 1 is 1.12 bits per heavy atom. The Bertz CT molecular complexity index is 898. The molecule has 26 heavy (non-hydrogen) atoms. The molecule has 6 nitrogen and oxygen atoms in total. The first-order valence-electron chi connectivity index (χ1n) is 8.67. The second-order valence-electron chi connectivity index (χ2n) is 6.42. The Labute approximate surface area is 152 Å². The van der Waals surface area contributed by atoms with Crippen LogP contribution < -0.4 is 5.32 Å². The molecule has 0 aliphatic carbocycles. The molecule has 1 saturated heterocycles. The molecule has 1 aromatic heterocycles. The van der Waals surface area contributed by atoms with Gasteiger partial charge in [0, 0.05) is 30.4 Å². The molecule has 6 heteroatoms. The van der Waals surface area contributed by atoms with Gasteiger partial charge in [0.25, 0.3) is 0 Å². The minimum absolute atomic E-state index is 0.429. The van der Waals surface area contributed by atoms with Crippen molar-refractivity contribution in [3.05, 3.63) is 66.1 Å². The highest BCUT2D eigenvalue weighted by Gasteiger charge is 2.24. The number of likely N-dealkylation sites (tertiary alicyclic amines) is 1. The molecule has 0 amide bonds. The van der Waals surface area contributed by atoms with E-state index in [1.165, 1.54) is 0 Å². The molecule has 0 unspecified atom stereocenters. The lowest BCUT2D eigenvalue weighted by Crippen LogP contribution is -2.26. The standard InChI is InChI=1S/C20H19N5O/c21-12-15-6-8-16(9-7-15)20-24-23-19(26-20)14-25-11-10-18(13-25)22-17-4-2-1-3-5-17/h1-9,18,22H,10-11,13-14H2/t18-/m0/s1. The molecule has 130 valence electrons. The summed E-state index contributed by atoms with van der Waals surface area (Å²) in [7, 11) is 0. The van der Waals surface area contributed by atoms with Crippen LogP contribution in [-0.4, -0.2) is 34.2 Å². The molecule has 2 heterocycles. The van der Waals surface area contributed by atoms with Crippen LogP contribution in [-0.2, 0) is 6.54 Å². The van der Waals surface area contributed by atoms with E-state index in [0.29, 0.717) is 29.9 Å². The van der Waals surface area contributed by atoms with Crippen LogP contribution in [0.4, 0.5) is 5.69 Å². The number of rotatable bonds is 5. The molecule has 0 spiro atoms. The molecule has 1 aliphatic rings. The van der Waals surface area contributed by atoms with Crippen molar-refractivity contribution in [2.75, 3.05) is 18.4 Å². The highest BCUT2D eigenvalue weighted by Crippen LogP contribution is 2.21. The first kappa shape index (κ1) is 16.3. The fourth-order valence-corrected chi connectivity index (χ4v) is 3.18. The van der Waals surface area contributed by atoms with E-state index in [4.69, 9.17) is 9.68 Å². The average Bonchev–Trinajstić information content (AvgIpc) is 3.33. The third-order valence-electron chi connectivity index (χ3n) is 4.50. The molecular weight excluding hydrogens is 326 g/mol. The van der Waals surface area contributed by atoms with Crippen LogP contribution in [0.1, 0.15) is 17.9 Å². The molecule has 4 rings (SSSR count). The molecule has 1 fully saturated rings. The van der Waals surface area contributed by atoms with Gasteiger partial charge in [-0.3, -0.25) is 4.90 Å². The van der Waals surface area contributed by atoms with Gasteiger partial charge in [0.05, 0.1) is 18.2 Å². The smallest absolute Gasteiger partial charge is 0.247 e. The third kappa shape index (κ3) is 3.73. The van der Waals surface area contributed by atoms with Crippen LogP contribution in [0.2, 0.25) is 0 Å². The summed E-state index contributed by atoms with van der Waals surface area (Å²) in [6.45, 7) is 2.60.